The molecule has 0 unspecified atom stereocenters. The first kappa shape index (κ1) is 21.3. The smallest absolute Gasteiger partial charge is 0.278 e. The molecule has 2 aromatic carbocycles. The van der Waals surface area contributed by atoms with E-state index in [0.29, 0.717) is 0 Å². The first-order valence-corrected chi connectivity index (χ1v) is 7.68. The molecule has 28 heavy (non-hydrogen) atoms. The molecule has 0 fully saturated rings. The number of rotatable bonds is 7. The second-order valence-electron chi connectivity index (χ2n) is 5.42. The monoisotopic (exact) mass is 406 g/mol. The van der Waals surface area contributed by atoms with Crippen LogP contribution in [0.15, 0.2) is 76.0 Å². The standard InChI is InChI=1S/C17H13F7N4/c18-15(19,16(20,21)17(22,23)24)14(28-27-13-9-5-2-6-10-13)11-25-26-12-7-3-1-4-8-12/h1-10,27H,11H2. The maximum atomic E-state index is 14.0. The molecule has 0 aliphatic heterocycles. The Labute approximate surface area is 154 Å². The summed E-state index contributed by atoms with van der Waals surface area (Å²) >= 11 is 0. The number of benzene rings is 2. The van der Waals surface area contributed by atoms with Gasteiger partial charge in [0.25, 0.3) is 0 Å². The van der Waals surface area contributed by atoms with Gasteiger partial charge in [0.15, 0.2) is 0 Å². The largest absolute Gasteiger partial charge is 0.460 e. The van der Waals surface area contributed by atoms with E-state index in [0.717, 1.165) is 0 Å². The Hall–Kier alpha value is -2.98. The summed E-state index contributed by atoms with van der Waals surface area (Å²) in [4.78, 5) is 0. The molecule has 0 aliphatic carbocycles. The summed E-state index contributed by atoms with van der Waals surface area (Å²) in [7, 11) is 0. The Morgan fingerprint density at radius 2 is 1.32 bits per heavy atom. The number of halogens is 7. The second-order valence-corrected chi connectivity index (χ2v) is 5.42. The zero-order valence-electron chi connectivity index (χ0n) is 14.0. The number of hydrazone groups is 1. The highest BCUT2D eigenvalue weighted by Crippen LogP contribution is 2.47. The van der Waals surface area contributed by atoms with E-state index in [1.165, 1.54) is 36.4 Å². The van der Waals surface area contributed by atoms with Crippen molar-refractivity contribution in [1.82, 2.24) is 0 Å². The average Bonchev–Trinajstić information content (AvgIpc) is 2.65. The van der Waals surface area contributed by atoms with Crippen molar-refractivity contribution in [2.75, 3.05) is 12.0 Å². The summed E-state index contributed by atoms with van der Waals surface area (Å²) in [6.45, 7) is -1.28. The Balaban J connectivity index is 2.33. The molecule has 2 rings (SSSR count). The van der Waals surface area contributed by atoms with Crippen molar-refractivity contribution < 1.29 is 30.7 Å². The lowest BCUT2D eigenvalue weighted by Gasteiger charge is -2.28. The maximum Gasteiger partial charge on any atom is 0.460 e. The van der Waals surface area contributed by atoms with Gasteiger partial charge < -0.3 is 0 Å². The SMILES string of the molecule is FC(F)(F)C(F)(F)C(F)(F)C(CN=Nc1ccccc1)=NNc1ccccc1. The molecule has 0 saturated carbocycles. The Morgan fingerprint density at radius 1 is 0.786 bits per heavy atom. The van der Waals surface area contributed by atoms with Crippen LogP contribution in [-0.2, 0) is 0 Å². The minimum Gasteiger partial charge on any atom is -0.278 e. The van der Waals surface area contributed by atoms with E-state index in [4.69, 9.17) is 0 Å². The summed E-state index contributed by atoms with van der Waals surface area (Å²) in [6.07, 6.45) is -6.49. The number of nitrogens with one attached hydrogen (secondary N) is 1. The van der Waals surface area contributed by atoms with E-state index in [2.05, 4.69) is 15.3 Å². The molecule has 0 radical (unpaired) electrons. The van der Waals surface area contributed by atoms with Crippen LogP contribution in [0.25, 0.3) is 0 Å². The first-order chi connectivity index (χ1) is 13.1. The summed E-state index contributed by atoms with van der Waals surface area (Å²) in [5.41, 5.74) is 0.509. The van der Waals surface area contributed by atoms with Crippen molar-refractivity contribution in [1.29, 1.82) is 0 Å². The fraction of sp³-hybridized carbons (Fsp3) is 0.235. The molecule has 0 bridgehead atoms. The average molecular weight is 406 g/mol. The van der Waals surface area contributed by atoms with E-state index in [1.54, 1.807) is 24.3 Å². The molecule has 2 aromatic rings. The van der Waals surface area contributed by atoms with E-state index in [1.807, 2.05) is 5.43 Å². The number of alkyl halides is 7. The lowest BCUT2D eigenvalue weighted by atomic mass is 10.1. The quantitative estimate of drug-likeness (QED) is 0.258. The van der Waals surface area contributed by atoms with Crippen LogP contribution in [0.2, 0.25) is 0 Å². The Kier molecular flexibility index (Phi) is 6.37. The first-order valence-electron chi connectivity index (χ1n) is 7.68. The van der Waals surface area contributed by atoms with Crippen LogP contribution in [0.1, 0.15) is 0 Å². The number of hydrogen-bond donors (Lipinski definition) is 1. The van der Waals surface area contributed by atoms with E-state index in [9.17, 15) is 30.7 Å². The Bertz CT molecular complexity index is 818. The molecule has 0 aromatic heterocycles. The topological polar surface area (TPSA) is 49.1 Å². The lowest BCUT2D eigenvalue weighted by Crippen LogP contribution is -2.57. The highest BCUT2D eigenvalue weighted by atomic mass is 19.4. The van der Waals surface area contributed by atoms with Gasteiger partial charge in [0.2, 0.25) is 0 Å². The minimum atomic E-state index is -6.49. The Morgan fingerprint density at radius 3 is 1.86 bits per heavy atom. The highest BCUT2D eigenvalue weighted by molar-refractivity contribution is 5.94. The molecule has 0 saturated heterocycles. The minimum absolute atomic E-state index is 0.103. The van der Waals surface area contributed by atoms with Crippen molar-refractivity contribution in [3.8, 4) is 0 Å². The normalized spacial score (nSPS) is 13.8. The summed E-state index contributed by atoms with van der Waals surface area (Å²) in [5.74, 6) is -12.0. The molecule has 0 spiro atoms. The molecule has 150 valence electrons. The predicted molar refractivity (Wildman–Crippen MR) is 89.3 cm³/mol. The highest BCUT2D eigenvalue weighted by Gasteiger charge is 2.74. The van der Waals surface area contributed by atoms with Crippen molar-refractivity contribution in [2.45, 2.75) is 18.0 Å². The third-order valence-corrected chi connectivity index (χ3v) is 3.37. The molecular weight excluding hydrogens is 393 g/mol. The zero-order valence-corrected chi connectivity index (χ0v) is 14.0. The van der Waals surface area contributed by atoms with Gasteiger partial charge in [0, 0.05) is 0 Å². The number of nitrogens with zero attached hydrogens (tertiary/aromatic N) is 3. The fourth-order valence-electron chi connectivity index (χ4n) is 1.89. The molecule has 0 aliphatic rings. The molecule has 11 heteroatoms. The van der Waals surface area contributed by atoms with Crippen molar-refractivity contribution in [3.63, 3.8) is 0 Å². The predicted octanol–water partition coefficient (Wildman–Crippen LogP) is 6.07. The van der Waals surface area contributed by atoms with Gasteiger partial charge in [0.05, 0.1) is 11.4 Å². The number of hydrogen-bond acceptors (Lipinski definition) is 4. The van der Waals surface area contributed by atoms with Gasteiger partial charge >= 0.3 is 18.0 Å². The number of para-hydroxylation sites is 1. The summed E-state index contributed by atoms with van der Waals surface area (Å²) in [6, 6.07) is 14.9. The van der Waals surface area contributed by atoms with Crippen LogP contribution in [-0.4, -0.2) is 30.3 Å². The van der Waals surface area contributed by atoms with Gasteiger partial charge in [-0.1, -0.05) is 36.4 Å². The zero-order chi connectivity index (χ0) is 20.8. The summed E-state index contributed by atoms with van der Waals surface area (Å²) in [5, 5.41) is 9.86. The van der Waals surface area contributed by atoms with Gasteiger partial charge in [0.1, 0.15) is 12.3 Å². The van der Waals surface area contributed by atoms with Crippen LogP contribution >= 0.6 is 0 Å². The lowest BCUT2D eigenvalue weighted by molar-refractivity contribution is -0.336. The van der Waals surface area contributed by atoms with E-state index >= 15 is 0 Å². The van der Waals surface area contributed by atoms with Gasteiger partial charge in [-0.15, -0.1) is 0 Å². The van der Waals surface area contributed by atoms with Crippen molar-refractivity contribution in [2.24, 2.45) is 15.3 Å². The molecular formula is C17H13F7N4. The van der Waals surface area contributed by atoms with E-state index < -0.39 is 30.3 Å². The maximum absolute atomic E-state index is 14.0. The molecule has 1 N–H and O–H groups in total. The van der Waals surface area contributed by atoms with Gasteiger partial charge in [-0.3, -0.25) is 5.43 Å². The van der Waals surface area contributed by atoms with Crippen LogP contribution < -0.4 is 5.43 Å². The fourth-order valence-corrected chi connectivity index (χ4v) is 1.89. The van der Waals surface area contributed by atoms with Crippen LogP contribution in [0.4, 0.5) is 42.1 Å². The molecule has 4 nitrogen and oxygen atoms in total. The van der Waals surface area contributed by atoms with Gasteiger partial charge in [-0.05, 0) is 24.3 Å². The number of anilines is 1. The third-order valence-electron chi connectivity index (χ3n) is 3.37. The van der Waals surface area contributed by atoms with Crippen LogP contribution in [0, 0.1) is 0 Å². The van der Waals surface area contributed by atoms with Gasteiger partial charge in [-0.25, -0.2) is 0 Å². The van der Waals surface area contributed by atoms with Gasteiger partial charge in [-0.2, -0.15) is 46.1 Å². The summed E-state index contributed by atoms with van der Waals surface area (Å²) < 4.78 is 92.3. The second kappa shape index (κ2) is 8.36. The molecule has 0 amide bonds. The molecule has 0 heterocycles. The number of azo groups is 1. The van der Waals surface area contributed by atoms with Crippen LogP contribution in [0.3, 0.4) is 0 Å². The molecule has 0 atom stereocenters. The van der Waals surface area contributed by atoms with Crippen molar-refractivity contribution >= 4 is 17.1 Å². The van der Waals surface area contributed by atoms with Crippen molar-refractivity contribution in [3.05, 3.63) is 60.7 Å². The van der Waals surface area contributed by atoms with E-state index in [-0.39, 0.29) is 11.4 Å². The van der Waals surface area contributed by atoms with Crippen LogP contribution in [0.5, 0.6) is 0 Å². The third kappa shape index (κ3) is 4.84.